The molecule has 0 radical (unpaired) electrons. The highest BCUT2D eigenvalue weighted by Gasteiger charge is 2.22. The average Bonchev–Trinajstić information content (AvgIpc) is 2.47. The predicted octanol–water partition coefficient (Wildman–Crippen LogP) is 2.80. The van der Waals surface area contributed by atoms with Gasteiger partial charge >= 0.3 is 6.03 Å². The number of benzene rings is 1. The number of hydrogen-bond donors (Lipinski definition) is 2. The molecule has 1 aromatic rings. The van der Waals surface area contributed by atoms with E-state index in [1.807, 2.05) is 6.07 Å². The van der Waals surface area contributed by atoms with Crippen LogP contribution in [0, 0.1) is 0 Å². The number of aliphatic hydroxyl groups is 1. The van der Waals surface area contributed by atoms with Gasteiger partial charge in [0.2, 0.25) is 0 Å². The lowest BCUT2D eigenvalue weighted by Gasteiger charge is -2.30. The van der Waals surface area contributed by atoms with Crippen molar-refractivity contribution < 1.29 is 9.90 Å². The minimum absolute atomic E-state index is 0.116. The van der Waals surface area contributed by atoms with Crippen molar-refractivity contribution in [2.45, 2.75) is 45.6 Å². The van der Waals surface area contributed by atoms with Crippen molar-refractivity contribution >= 4 is 11.7 Å². The number of aryl methyl sites for hydroxylation is 2. The molecule has 1 atom stereocenters. The Bertz CT molecular complexity index is 474. The van der Waals surface area contributed by atoms with E-state index in [9.17, 15) is 9.90 Å². The Morgan fingerprint density at radius 1 is 1.35 bits per heavy atom. The van der Waals surface area contributed by atoms with Crippen LogP contribution in [0.2, 0.25) is 0 Å². The summed E-state index contributed by atoms with van der Waals surface area (Å²) in [7, 11) is 0. The van der Waals surface area contributed by atoms with Gasteiger partial charge < -0.3 is 15.3 Å². The number of carbonyl (C=O) groups is 1. The molecule has 20 heavy (non-hydrogen) atoms. The van der Waals surface area contributed by atoms with Crippen LogP contribution in [-0.4, -0.2) is 35.2 Å². The molecule has 1 aromatic carbocycles. The molecule has 2 N–H and O–H groups in total. The molecule has 0 bridgehead atoms. The largest absolute Gasteiger partial charge is 0.391 e. The number of amides is 2. The van der Waals surface area contributed by atoms with E-state index in [1.165, 1.54) is 11.1 Å². The molecule has 1 aliphatic rings. The maximum absolute atomic E-state index is 12.2. The van der Waals surface area contributed by atoms with Crippen LogP contribution < -0.4 is 5.32 Å². The number of carbonyl (C=O) groups excluding carboxylic acids is 1. The summed E-state index contributed by atoms with van der Waals surface area (Å²) >= 11 is 0. The monoisotopic (exact) mass is 276 g/mol. The molecule has 1 fully saturated rings. The number of nitrogens with one attached hydrogen (secondary N) is 1. The van der Waals surface area contributed by atoms with Crippen LogP contribution in [0.25, 0.3) is 0 Å². The zero-order chi connectivity index (χ0) is 14.5. The Morgan fingerprint density at radius 3 is 2.75 bits per heavy atom. The van der Waals surface area contributed by atoms with Crippen LogP contribution in [0.1, 0.15) is 37.8 Å². The topological polar surface area (TPSA) is 52.6 Å². The summed E-state index contributed by atoms with van der Waals surface area (Å²) in [6.45, 7) is 5.42. The third-order valence-electron chi connectivity index (χ3n) is 3.90. The Hall–Kier alpha value is -1.55. The van der Waals surface area contributed by atoms with Crippen molar-refractivity contribution in [2.24, 2.45) is 0 Å². The minimum Gasteiger partial charge on any atom is -0.391 e. The van der Waals surface area contributed by atoms with Crippen molar-refractivity contribution in [1.29, 1.82) is 0 Å². The highest BCUT2D eigenvalue weighted by atomic mass is 16.3. The van der Waals surface area contributed by atoms with E-state index < -0.39 is 0 Å². The normalized spacial score (nSPS) is 18.9. The van der Waals surface area contributed by atoms with Crippen LogP contribution in [0.5, 0.6) is 0 Å². The third-order valence-corrected chi connectivity index (χ3v) is 3.90. The van der Waals surface area contributed by atoms with Gasteiger partial charge in [-0.3, -0.25) is 0 Å². The summed E-state index contributed by atoms with van der Waals surface area (Å²) in [4.78, 5) is 13.9. The molecule has 110 valence electrons. The van der Waals surface area contributed by atoms with E-state index >= 15 is 0 Å². The molecular weight excluding hydrogens is 252 g/mol. The molecule has 1 saturated heterocycles. The lowest BCUT2D eigenvalue weighted by Crippen LogP contribution is -2.44. The van der Waals surface area contributed by atoms with Gasteiger partial charge in [-0.25, -0.2) is 4.79 Å². The van der Waals surface area contributed by atoms with Crippen molar-refractivity contribution in [2.75, 3.05) is 18.4 Å². The van der Waals surface area contributed by atoms with Gasteiger partial charge in [0.1, 0.15) is 0 Å². The van der Waals surface area contributed by atoms with Crippen molar-refractivity contribution in [3.63, 3.8) is 0 Å². The molecule has 0 aliphatic carbocycles. The van der Waals surface area contributed by atoms with Crippen LogP contribution in [0.15, 0.2) is 18.2 Å². The van der Waals surface area contributed by atoms with Crippen molar-refractivity contribution in [3.8, 4) is 0 Å². The first-order valence-electron chi connectivity index (χ1n) is 7.49. The van der Waals surface area contributed by atoms with Gasteiger partial charge in [0.15, 0.2) is 0 Å². The molecule has 1 heterocycles. The standard InChI is InChI=1S/C16H24N2O2/c1-3-12-7-8-14(10-13(12)4-2)17-16(20)18-9-5-6-15(19)11-18/h7-8,10,15,19H,3-6,9,11H2,1-2H3,(H,17,20). The van der Waals surface area contributed by atoms with E-state index in [0.29, 0.717) is 6.54 Å². The van der Waals surface area contributed by atoms with Crippen molar-refractivity contribution in [3.05, 3.63) is 29.3 Å². The number of β-amino-alcohol motifs (C(OH)–C–C–N with tert-alkyl or cyclic N) is 1. The minimum atomic E-state index is -0.386. The van der Waals surface area contributed by atoms with Crippen LogP contribution >= 0.6 is 0 Å². The van der Waals surface area contributed by atoms with Crippen LogP contribution in [0.4, 0.5) is 10.5 Å². The maximum Gasteiger partial charge on any atom is 0.321 e. The number of hydrogen-bond acceptors (Lipinski definition) is 2. The molecule has 2 rings (SSSR count). The smallest absolute Gasteiger partial charge is 0.321 e. The second-order valence-corrected chi connectivity index (χ2v) is 5.36. The van der Waals surface area contributed by atoms with E-state index in [-0.39, 0.29) is 12.1 Å². The SMILES string of the molecule is CCc1ccc(NC(=O)N2CCCC(O)C2)cc1CC. The summed E-state index contributed by atoms with van der Waals surface area (Å²) in [6.07, 6.45) is 3.24. The molecule has 0 saturated carbocycles. The molecule has 4 nitrogen and oxygen atoms in total. The highest BCUT2D eigenvalue weighted by molar-refractivity contribution is 5.89. The number of aliphatic hydroxyl groups excluding tert-OH is 1. The summed E-state index contributed by atoms with van der Waals surface area (Å²) in [6, 6.07) is 5.97. The first-order chi connectivity index (χ1) is 9.63. The van der Waals surface area contributed by atoms with Crippen LogP contribution in [-0.2, 0) is 12.8 Å². The summed E-state index contributed by atoms with van der Waals surface area (Å²) < 4.78 is 0. The fraction of sp³-hybridized carbons (Fsp3) is 0.562. The number of rotatable bonds is 3. The highest BCUT2D eigenvalue weighted by Crippen LogP contribution is 2.18. The van der Waals surface area contributed by atoms with Gasteiger partial charge in [0.25, 0.3) is 0 Å². The molecule has 0 spiro atoms. The molecule has 1 aliphatic heterocycles. The van der Waals surface area contributed by atoms with Crippen molar-refractivity contribution in [1.82, 2.24) is 4.90 Å². The zero-order valence-electron chi connectivity index (χ0n) is 12.4. The summed E-state index contributed by atoms with van der Waals surface area (Å²) in [5.74, 6) is 0. The molecule has 4 heteroatoms. The first-order valence-corrected chi connectivity index (χ1v) is 7.49. The first kappa shape index (κ1) is 14.9. The van der Waals surface area contributed by atoms with Gasteiger partial charge in [-0.1, -0.05) is 19.9 Å². The van der Waals surface area contributed by atoms with E-state index in [2.05, 4.69) is 31.3 Å². The Labute approximate surface area is 120 Å². The Morgan fingerprint density at radius 2 is 2.10 bits per heavy atom. The Balaban J connectivity index is 2.03. The van der Waals surface area contributed by atoms with E-state index in [4.69, 9.17) is 0 Å². The summed E-state index contributed by atoms with van der Waals surface area (Å²) in [5.41, 5.74) is 3.45. The van der Waals surface area contributed by atoms with E-state index in [0.717, 1.165) is 37.9 Å². The van der Waals surface area contributed by atoms with E-state index in [1.54, 1.807) is 4.90 Å². The van der Waals surface area contributed by atoms with Gasteiger partial charge in [0, 0.05) is 18.8 Å². The number of likely N-dealkylation sites (tertiary alicyclic amines) is 1. The quantitative estimate of drug-likeness (QED) is 0.892. The number of urea groups is 1. The second kappa shape index (κ2) is 6.75. The molecule has 0 aromatic heterocycles. The van der Waals surface area contributed by atoms with Gasteiger partial charge in [-0.2, -0.15) is 0 Å². The van der Waals surface area contributed by atoms with Gasteiger partial charge in [-0.05, 0) is 48.9 Å². The zero-order valence-corrected chi connectivity index (χ0v) is 12.4. The Kier molecular flexibility index (Phi) is 5.01. The predicted molar refractivity (Wildman–Crippen MR) is 81.0 cm³/mol. The molecule has 1 unspecified atom stereocenters. The van der Waals surface area contributed by atoms with Gasteiger partial charge in [-0.15, -0.1) is 0 Å². The molecular formula is C16H24N2O2. The van der Waals surface area contributed by atoms with Gasteiger partial charge in [0.05, 0.1) is 6.10 Å². The molecule has 2 amide bonds. The lowest BCUT2D eigenvalue weighted by atomic mass is 10.0. The number of anilines is 1. The maximum atomic E-state index is 12.2. The third kappa shape index (κ3) is 3.51. The fourth-order valence-corrected chi connectivity index (χ4v) is 2.72. The number of nitrogens with zero attached hydrogens (tertiary/aromatic N) is 1. The fourth-order valence-electron chi connectivity index (χ4n) is 2.72. The second-order valence-electron chi connectivity index (χ2n) is 5.36. The average molecular weight is 276 g/mol. The summed E-state index contributed by atoms with van der Waals surface area (Å²) in [5, 5.41) is 12.6. The lowest BCUT2D eigenvalue weighted by molar-refractivity contribution is 0.0883. The van der Waals surface area contributed by atoms with Crippen LogP contribution in [0.3, 0.4) is 0 Å². The number of piperidine rings is 1.